The first kappa shape index (κ1) is 15.9. The van der Waals surface area contributed by atoms with E-state index in [0.717, 1.165) is 5.56 Å². The van der Waals surface area contributed by atoms with Crippen LogP contribution < -0.4 is 4.90 Å². The maximum absolute atomic E-state index is 13.9. The second-order valence-electron chi connectivity index (χ2n) is 5.34. The Labute approximate surface area is 137 Å². The van der Waals surface area contributed by atoms with Crippen molar-refractivity contribution < 1.29 is 14.3 Å². The van der Waals surface area contributed by atoms with E-state index >= 15 is 0 Å². The zero-order chi connectivity index (χ0) is 17.1. The summed E-state index contributed by atoms with van der Waals surface area (Å²) in [7, 11) is 0. The molecule has 8 heteroatoms. The molecule has 0 bridgehead atoms. The van der Waals surface area contributed by atoms with Gasteiger partial charge in [0.15, 0.2) is 0 Å². The molecule has 0 unspecified atom stereocenters. The number of benzene rings is 1. The van der Waals surface area contributed by atoms with E-state index in [9.17, 15) is 14.3 Å². The molecule has 0 fully saturated rings. The van der Waals surface area contributed by atoms with Crippen LogP contribution in [0.3, 0.4) is 0 Å². The fraction of sp³-hybridized carbons (Fsp3) is 0.250. The monoisotopic (exact) mass is 327 g/mol. The van der Waals surface area contributed by atoms with Gasteiger partial charge in [0.05, 0.1) is 6.10 Å². The molecule has 2 aromatic rings. The normalized spacial score (nSPS) is 15.3. The molecule has 122 valence electrons. The Kier molecular flexibility index (Phi) is 4.41. The Bertz CT molecular complexity index is 822. The third-order valence-electron chi connectivity index (χ3n) is 3.95. The molecule has 1 aliphatic rings. The van der Waals surface area contributed by atoms with Gasteiger partial charge in [-0.3, -0.25) is 9.69 Å². The minimum Gasteiger partial charge on any atom is -0.387 e. The summed E-state index contributed by atoms with van der Waals surface area (Å²) in [6.07, 6.45) is 0.593. The van der Waals surface area contributed by atoms with Gasteiger partial charge < -0.3 is 5.11 Å². The van der Waals surface area contributed by atoms with Crippen LogP contribution in [0.4, 0.5) is 10.2 Å². The Morgan fingerprint density at radius 1 is 1.38 bits per heavy atom. The first-order valence-corrected chi connectivity index (χ1v) is 7.35. The molecule has 0 spiro atoms. The molecule has 0 aliphatic carbocycles. The smallest absolute Gasteiger partial charge is 0.240 e. The topological polar surface area (TPSA) is 102 Å². The van der Waals surface area contributed by atoms with E-state index in [1.807, 2.05) is 6.07 Å². The Morgan fingerprint density at radius 3 is 2.92 bits per heavy atom. The Morgan fingerprint density at radius 2 is 2.17 bits per heavy atom. The predicted molar refractivity (Wildman–Crippen MR) is 84.6 cm³/mol. The van der Waals surface area contributed by atoms with E-state index in [1.165, 1.54) is 29.2 Å². The van der Waals surface area contributed by atoms with Crippen molar-refractivity contribution >= 4 is 11.7 Å². The minimum absolute atomic E-state index is 0.0938. The summed E-state index contributed by atoms with van der Waals surface area (Å²) in [6.45, 7) is 0.368. The van der Waals surface area contributed by atoms with Gasteiger partial charge in [0.2, 0.25) is 5.91 Å². The molecule has 7 nitrogen and oxygen atoms in total. The first-order chi connectivity index (χ1) is 11.6. The van der Waals surface area contributed by atoms with Gasteiger partial charge >= 0.3 is 0 Å². The summed E-state index contributed by atoms with van der Waals surface area (Å²) >= 11 is 0. The van der Waals surface area contributed by atoms with Crippen molar-refractivity contribution in [2.75, 3.05) is 11.4 Å². The van der Waals surface area contributed by atoms with Crippen molar-refractivity contribution in [2.45, 2.75) is 18.6 Å². The van der Waals surface area contributed by atoms with Crippen molar-refractivity contribution in [3.05, 3.63) is 70.0 Å². The number of carbonyl (C=O) groups is 1. The number of azide groups is 1. The quantitative estimate of drug-likeness (QED) is 0.530. The fourth-order valence-corrected chi connectivity index (χ4v) is 2.77. The summed E-state index contributed by atoms with van der Waals surface area (Å²) in [5, 5.41) is 13.8. The molecule has 1 N–H and O–H groups in total. The lowest BCUT2D eigenvalue weighted by Crippen LogP contribution is -2.40. The third kappa shape index (κ3) is 2.80. The number of nitrogens with zero attached hydrogens (tertiary/aromatic N) is 5. The van der Waals surface area contributed by atoms with Crippen LogP contribution in [0.5, 0.6) is 0 Å². The average Bonchev–Trinajstić information content (AvgIpc) is 3.03. The number of anilines is 1. The number of hydrogen-bond donors (Lipinski definition) is 1. The Balaban J connectivity index is 1.93. The number of aliphatic hydroxyl groups is 1. The third-order valence-corrected chi connectivity index (χ3v) is 3.95. The maximum atomic E-state index is 13.9. The number of pyridine rings is 1. The van der Waals surface area contributed by atoms with Crippen LogP contribution in [-0.4, -0.2) is 28.6 Å². The van der Waals surface area contributed by atoms with Gasteiger partial charge in [0.25, 0.3) is 0 Å². The van der Waals surface area contributed by atoms with E-state index in [1.54, 1.807) is 12.3 Å². The van der Waals surface area contributed by atoms with E-state index in [-0.39, 0.29) is 5.56 Å². The highest BCUT2D eigenvalue weighted by atomic mass is 19.1. The lowest BCUT2D eigenvalue weighted by Gasteiger charge is -2.24. The zero-order valence-electron chi connectivity index (χ0n) is 12.6. The van der Waals surface area contributed by atoms with Crippen LogP contribution in [0.15, 0.2) is 47.7 Å². The van der Waals surface area contributed by atoms with Crippen LogP contribution >= 0.6 is 0 Å². The van der Waals surface area contributed by atoms with Crippen molar-refractivity contribution in [1.29, 1.82) is 0 Å². The predicted octanol–water partition coefficient (Wildman–Crippen LogP) is 2.52. The van der Waals surface area contributed by atoms with E-state index in [2.05, 4.69) is 15.0 Å². The molecule has 1 aromatic carbocycles. The summed E-state index contributed by atoms with van der Waals surface area (Å²) in [6, 6.07) is 7.67. The van der Waals surface area contributed by atoms with E-state index in [4.69, 9.17) is 5.53 Å². The lowest BCUT2D eigenvalue weighted by atomic mass is 10.0. The number of carbonyl (C=O) groups excluding carboxylic acids is 1. The SMILES string of the molecule is [N-]=[N+]=N[C@H](C(=O)N1CCc2cccnc21)[C@@H](O)c1ccccc1F. The number of aromatic nitrogens is 1. The maximum Gasteiger partial charge on any atom is 0.240 e. The summed E-state index contributed by atoms with van der Waals surface area (Å²) in [5.74, 6) is -0.807. The lowest BCUT2D eigenvalue weighted by molar-refractivity contribution is -0.122. The highest BCUT2D eigenvalue weighted by Crippen LogP contribution is 2.29. The van der Waals surface area contributed by atoms with E-state index in [0.29, 0.717) is 18.8 Å². The van der Waals surface area contributed by atoms with Crippen molar-refractivity contribution in [2.24, 2.45) is 5.11 Å². The van der Waals surface area contributed by atoms with E-state index < -0.39 is 23.9 Å². The highest BCUT2D eigenvalue weighted by Gasteiger charge is 2.36. The molecule has 2 atom stereocenters. The number of hydrogen-bond acceptors (Lipinski definition) is 4. The molecular formula is C16H14FN5O2. The molecule has 1 aromatic heterocycles. The van der Waals surface area contributed by atoms with Crippen molar-refractivity contribution in [3.8, 4) is 0 Å². The van der Waals surface area contributed by atoms with Crippen molar-refractivity contribution in [1.82, 2.24) is 4.98 Å². The fourth-order valence-electron chi connectivity index (χ4n) is 2.77. The van der Waals surface area contributed by atoms with Crippen LogP contribution in [0.25, 0.3) is 10.4 Å². The van der Waals surface area contributed by atoms with Gasteiger partial charge in [-0.2, -0.15) is 0 Å². The molecule has 24 heavy (non-hydrogen) atoms. The molecule has 0 saturated heterocycles. The number of rotatable bonds is 4. The summed E-state index contributed by atoms with van der Waals surface area (Å²) in [4.78, 5) is 20.9. The van der Waals surface area contributed by atoms with Crippen LogP contribution in [-0.2, 0) is 11.2 Å². The summed E-state index contributed by atoms with van der Waals surface area (Å²) < 4.78 is 13.9. The van der Waals surface area contributed by atoms with Gasteiger partial charge in [-0.1, -0.05) is 29.4 Å². The largest absolute Gasteiger partial charge is 0.387 e. The highest BCUT2D eigenvalue weighted by molar-refractivity contribution is 5.98. The molecule has 2 heterocycles. The van der Waals surface area contributed by atoms with Crippen LogP contribution in [0, 0.1) is 5.82 Å². The molecule has 3 rings (SSSR count). The second kappa shape index (κ2) is 6.66. The molecule has 1 aliphatic heterocycles. The van der Waals surface area contributed by atoms with Gasteiger partial charge in [0, 0.05) is 23.2 Å². The minimum atomic E-state index is -1.58. The second-order valence-corrected chi connectivity index (χ2v) is 5.34. The van der Waals surface area contributed by atoms with Gasteiger partial charge in [-0.15, -0.1) is 0 Å². The Hall–Kier alpha value is -2.96. The van der Waals surface area contributed by atoms with Crippen molar-refractivity contribution in [3.63, 3.8) is 0 Å². The zero-order valence-corrected chi connectivity index (χ0v) is 12.6. The summed E-state index contributed by atoms with van der Waals surface area (Å²) in [5.41, 5.74) is 9.56. The molecule has 0 radical (unpaired) electrons. The van der Waals surface area contributed by atoms with Gasteiger partial charge in [-0.05, 0) is 29.6 Å². The van der Waals surface area contributed by atoms with Gasteiger partial charge in [-0.25, -0.2) is 9.37 Å². The molecule has 1 amide bonds. The van der Waals surface area contributed by atoms with Crippen LogP contribution in [0.1, 0.15) is 17.2 Å². The number of halogens is 1. The standard InChI is InChI=1S/C16H14FN5O2/c17-12-6-2-1-5-11(12)14(23)13(20-21-18)16(24)22-9-7-10-4-3-8-19-15(10)22/h1-6,8,13-14,23H,7,9H2/t13-,14-/m0/s1. The van der Waals surface area contributed by atoms with Crippen LogP contribution in [0.2, 0.25) is 0 Å². The van der Waals surface area contributed by atoms with Gasteiger partial charge in [0.1, 0.15) is 17.7 Å². The molecule has 0 saturated carbocycles. The number of amides is 1. The number of fused-ring (bicyclic) bond motifs is 1. The first-order valence-electron chi connectivity index (χ1n) is 7.35. The molecular weight excluding hydrogens is 313 g/mol. The average molecular weight is 327 g/mol. The number of aliphatic hydroxyl groups excluding tert-OH is 1.